The second-order valence-corrected chi connectivity index (χ2v) is 6.58. The molecular weight excluding hydrogens is 385 g/mol. The summed E-state index contributed by atoms with van der Waals surface area (Å²) in [5.41, 5.74) is 1.78. The molecule has 0 radical (unpaired) electrons. The fourth-order valence-electron chi connectivity index (χ4n) is 3.24. The number of rotatable bonds is 6. The summed E-state index contributed by atoms with van der Waals surface area (Å²) < 4.78 is 0. The minimum Gasteiger partial charge on any atom is -0.356 e. The number of nitrogens with one attached hydrogen (secondary N) is 2. The quantitative estimate of drug-likeness (QED) is 0.424. The topological polar surface area (TPSA) is 36.4 Å². The first-order chi connectivity index (χ1) is 10.3. The minimum absolute atomic E-state index is 0. The monoisotopic (exact) mass is 413 g/mol. The van der Waals surface area contributed by atoms with Crippen molar-refractivity contribution in [1.29, 1.82) is 0 Å². The van der Waals surface area contributed by atoms with Gasteiger partial charge in [0.25, 0.3) is 0 Å². The van der Waals surface area contributed by atoms with Gasteiger partial charge in [-0.15, -0.1) is 24.0 Å². The molecular formula is C18H28IN3. The van der Waals surface area contributed by atoms with Crippen LogP contribution in [0.25, 0.3) is 0 Å². The predicted octanol–water partition coefficient (Wildman–Crippen LogP) is 3.69. The van der Waals surface area contributed by atoms with Crippen LogP contribution in [-0.2, 0) is 5.41 Å². The molecule has 3 nitrogen and oxygen atoms in total. The molecule has 2 aliphatic rings. The summed E-state index contributed by atoms with van der Waals surface area (Å²) >= 11 is 0. The lowest BCUT2D eigenvalue weighted by atomic mass is 9.64. The highest BCUT2D eigenvalue weighted by atomic mass is 127. The van der Waals surface area contributed by atoms with Crippen molar-refractivity contribution in [2.75, 3.05) is 20.1 Å². The second kappa shape index (κ2) is 8.18. The lowest BCUT2D eigenvalue weighted by Gasteiger charge is -2.43. The molecule has 4 heteroatoms. The van der Waals surface area contributed by atoms with Gasteiger partial charge in [-0.05, 0) is 30.7 Å². The Morgan fingerprint density at radius 1 is 1.18 bits per heavy atom. The first kappa shape index (κ1) is 17.6. The van der Waals surface area contributed by atoms with Crippen LogP contribution in [-0.4, -0.2) is 26.1 Å². The van der Waals surface area contributed by atoms with Crippen LogP contribution >= 0.6 is 24.0 Å². The zero-order chi connectivity index (χ0) is 14.5. The number of benzene rings is 1. The van der Waals surface area contributed by atoms with Gasteiger partial charge in [-0.3, -0.25) is 4.99 Å². The Labute approximate surface area is 151 Å². The predicted molar refractivity (Wildman–Crippen MR) is 104 cm³/mol. The molecule has 0 aliphatic heterocycles. The maximum atomic E-state index is 4.35. The van der Waals surface area contributed by atoms with Gasteiger partial charge >= 0.3 is 0 Å². The highest BCUT2D eigenvalue weighted by Gasteiger charge is 2.38. The normalized spacial score (nSPS) is 19.8. The van der Waals surface area contributed by atoms with Gasteiger partial charge in [-0.25, -0.2) is 0 Å². The lowest BCUT2D eigenvalue weighted by Crippen LogP contribution is -2.49. The number of hydrogen-bond donors (Lipinski definition) is 2. The SMILES string of the molecule is CN=C(NCCC1CC1)NCC1(c2ccccc2)CCC1.I. The van der Waals surface area contributed by atoms with Gasteiger partial charge in [0.2, 0.25) is 0 Å². The molecule has 0 amide bonds. The van der Waals surface area contributed by atoms with Crippen molar-refractivity contribution in [3.05, 3.63) is 35.9 Å². The van der Waals surface area contributed by atoms with Crippen LogP contribution in [0, 0.1) is 5.92 Å². The third kappa shape index (κ3) is 4.37. The summed E-state index contributed by atoms with van der Waals surface area (Å²) in [5.74, 6) is 1.93. The van der Waals surface area contributed by atoms with E-state index in [2.05, 4.69) is 46.0 Å². The van der Waals surface area contributed by atoms with E-state index in [9.17, 15) is 0 Å². The van der Waals surface area contributed by atoms with Crippen LogP contribution < -0.4 is 10.6 Å². The zero-order valence-electron chi connectivity index (χ0n) is 13.5. The average molecular weight is 413 g/mol. The maximum Gasteiger partial charge on any atom is 0.191 e. The molecule has 0 atom stereocenters. The third-order valence-corrected chi connectivity index (χ3v) is 5.06. The van der Waals surface area contributed by atoms with E-state index in [1.165, 1.54) is 44.1 Å². The van der Waals surface area contributed by atoms with Gasteiger partial charge < -0.3 is 10.6 Å². The Morgan fingerprint density at radius 3 is 2.45 bits per heavy atom. The van der Waals surface area contributed by atoms with Crippen molar-refractivity contribution in [2.45, 2.75) is 43.9 Å². The number of guanidine groups is 1. The fourth-order valence-corrected chi connectivity index (χ4v) is 3.24. The number of hydrogen-bond acceptors (Lipinski definition) is 1. The molecule has 0 heterocycles. The molecule has 0 unspecified atom stereocenters. The van der Waals surface area contributed by atoms with E-state index < -0.39 is 0 Å². The zero-order valence-corrected chi connectivity index (χ0v) is 15.8. The molecule has 0 bridgehead atoms. The average Bonchev–Trinajstić information content (AvgIpc) is 3.29. The van der Waals surface area contributed by atoms with Crippen molar-refractivity contribution in [3.8, 4) is 0 Å². The summed E-state index contributed by atoms with van der Waals surface area (Å²) in [5, 5.41) is 7.00. The standard InChI is InChI=1S/C18H27N3.HI/c1-19-17(20-13-10-15-8-9-15)21-14-18(11-5-12-18)16-6-3-2-4-7-16;/h2-4,6-7,15H,5,8-14H2,1H3,(H2,19,20,21);1H. The Kier molecular flexibility index (Phi) is 6.53. The van der Waals surface area contributed by atoms with Gasteiger partial charge in [-0.1, -0.05) is 49.6 Å². The summed E-state index contributed by atoms with van der Waals surface area (Å²) in [7, 11) is 1.86. The molecule has 0 spiro atoms. The Balaban J connectivity index is 0.00000176. The van der Waals surface area contributed by atoms with Crippen LogP contribution in [0.5, 0.6) is 0 Å². The molecule has 2 N–H and O–H groups in total. The van der Waals surface area contributed by atoms with Crippen molar-refractivity contribution in [3.63, 3.8) is 0 Å². The van der Waals surface area contributed by atoms with Gasteiger partial charge in [0.15, 0.2) is 5.96 Å². The van der Waals surface area contributed by atoms with E-state index in [4.69, 9.17) is 0 Å². The lowest BCUT2D eigenvalue weighted by molar-refractivity contribution is 0.244. The molecule has 0 aromatic heterocycles. The highest BCUT2D eigenvalue weighted by molar-refractivity contribution is 14.0. The molecule has 0 saturated heterocycles. The number of halogens is 1. The van der Waals surface area contributed by atoms with Crippen molar-refractivity contribution in [1.82, 2.24) is 10.6 Å². The van der Waals surface area contributed by atoms with Gasteiger partial charge in [-0.2, -0.15) is 0 Å². The molecule has 1 aromatic rings. The van der Waals surface area contributed by atoms with E-state index in [1.54, 1.807) is 0 Å². The largest absolute Gasteiger partial charge is 0.356 e. The number of aliphatic imine (C=N–C) groups is 1. The first-order valence-electron chi connectivity index (χ1n) is 8.32. The molecule has 2 aliphatic carbocycles. The van der Waals surface area contributed by atoms with Gasteiger partial charge in [0.05, 0.1) is 0 Å². The van der Waals surface area contributed by atoms with Gasteiger partial charge in [0.1, 0.15) is 0 Å². The molecule has 22 heavy (non-hydrogen) atoms. The van der Waals surface area contributed by atoms with Crippen LogP contribution in [0.2, 0.25) is 0 Å². The first-order valence-corrected chi connectivity index (χ1v) is 8.32. The molecule has 3 rings (SSSR count). The van der Waals surface area contributed by atoms with Crippen molar-refractivity contribution >= 4 is 29.9 Å². The van der Waals surface area contributed by atoms with Gasteiger partial charge in [0, 0.05) is 25.6 Å². The number of nitrogens with zero attached hydrogens (tertiary/aromatic N) is 1. The minimum atomic E-state index is 0. The Morgan fingerprint density at radius 2 is 1.91 bits per heavy atom. The van der Waals surface area contributed by atoms with Crippen molar-refractivity contribution < 1.29 is 0 Å². The smallest absolute Gasteiger partial charge is 0.191 e. The maximum absolute atomic E-state index is 4.35. The molecule has 2 saturated carbocycles. The second-order valence-electron chi connectivity index (χ2n) is 6.58. The van der Waals surface area contributed by atoms with E-state index in [1.807, 2.05) is 7.05 Å². The van der Waals surface area contributed by atoms with Crippen LogP contribution in [0.15, 0.2) is 35.3 Å². The summed E-state index contributed by atoms with van der Waals surface area (Å²) in [6.07, 6.45) is 8.02. The molecule has 1 aromatic carbocycles. The summed E-state index contributed by atoms with van der Waals surface area (Å²) in [4.78, 5) is 4.35. The van der Waals surface area contributed by atoms with E-state index in [0.717, 1.165) is 25.0 Å². The molecule has 2 fully saturated rings. The van der Waals surface area contributed by atoms with Crippen LogP contribution in [0.3, 0.4) is 0 Å². The van der Waals surface area contributed by atoms with Crippen LogP contribution in [0.1, 0.15) is 44.1 Å². The summed E-state index contributed by atoms with van der Waals surface area (Å²) in [6, 6.07) is 10.9. The molecule has 122 valence electrons. The van der Waals surface area contributed by atoms with E-state index in [-0.39, 0.29) is 24.0 Å². The third-order valence-electron chi connectivity index (χ3n) is 5.06. The Bertz CT molecular complexity index is 478. The van der Waals surface area contributed by atoms with Crippen LogP contribution in [0.4, 0.5) is 0 Å². The fraction of sp³-hybridized carbons (Fsp3) is 0.611. The van der Waals surface area contributed by atoms with Crippen molar-refractivity contribution in [2.24, 2.45) is 10.9 Å². The van der Waals surface area contributed by atoms with E-state index in [0.29, 0.717) is 5.41 Å². The van der Waals surface area contributed by atoms with E-state index >= 15 is 0 Å². The Hall–Kier alpha value is -0.780. The highest BCUT2D eigenvalue weighted by Crippen LogP contribution is 2.43. The summed E-state index contributed by atoms with van der Waals surface area (Å²) in [6.45, 7) is 2.03.